The zero-order valence-corrected chi connectivity index (χ0v) is 15.1. The highest BCUT2D eigenvalue weighted by atomic mass is 35.5. The Morgan fingerprint density at radius 1 is 1.08 bits per heavy atom. The lowest BCUT2D eigenvalue weighted by molar-refractivity contribution is -0.111. The minimum atomic E-state index is -3.25. The maximum atomic E-state index is 11.9. The Morgan fingerprint density at radius 2 is 1.75 bits per heavy atom. The molecular formula is C17H15Cl2NO3S. The van der Waals surface area contributed by atoms with Gasteiger partial charge in [0.2, 0.25) is 5.91 Å². The van der Waals surface area contributed by atoms with E-state index in [1.54, 1.807) is 43.3 Å². The van der Waals surface area contributed by atoms with Crippen LogP contribution in [0.1, 0.15) is 12.5 Å². The number of carbonyl (C=O) groups excluding carboxylic acids is 1. The molecule has 0 heterocycles. The van der Waals surface area contributed by atoms with Crippen LogP contribution in [0.5, 0.6) is 0 Å². The molecule has 0 bridgehead atoms. The van der Waals surface area contributed by atoms with E-state index in [2.05, 4.69) is 5.32 Å². The summed E-state index contributed by atoms with van der Waals surface area (Å²) in [6, 6.07) is 11.1. The fourth-order valence-electron chi connectivity index (χ4n) is 1.88. The van der Waals surface area contributed by atoms with Gasteiger partial charge in [-0.15, -0.1) is 0 Å². The van der Waals surface area contributed by atoms with E-state index in [-0.39, 0.29) is 16.6 Å². The lowest BCUT2D eigenvalue weighted by Gasteiger charge is -2.05. The minimum absolute atomic E-state index is 0.0328. The number of hydrogen-bond acceptors (Lipinski definition) is 3. The Balaban J connectivity index is 2.04. The topological polar surface area (TPSA) is 63.2 Å². The highest BCUT2D eigenvalue weighted by molar-refractivity contribution is 7.91. The third kappa shape index (κ3) is 4.84. The predicted octanol–water partition coefficient (Wildman–Crippen LogP) is 4.44. The Kier molecular flexibility index (Phi) is 6.04. The van der Waals surface area contributed by atoms with Crippen LogP contribution in [0.3, 0.4) is 0 Å². The average molecular weight is 384 g/mol. The molecule has 0 aliphatic carbocycles. The van der Waals surface area contributed by atoms with Gasteiger partial charge in [-0.1, -0.05) is 36.2 Å². The first-order valence-corrected chi connectivity index (χ1v) is 9.49. The molecular weight excluding hydrogens is 369 g/mol. The van der Waals surface area contributed by atoms with Crippen molar-refractivity contribution in [2.75, 3.05) is 11.1 Å². The van der Waals surface area contributed by atoms with Crippen LogP contribution in [0.15, 0.2) is 53.4 Å². The van der Waals surface area contributed by atoms with Gasteiger partial charge < -0.3 is 5.32 Å². The molecule has 0 saturated heterocycles. The van der Waals surface area contributed by atoms with Crippen LogP contribution in [0, 0.1) is 0 Å². The van der Waals surface area contributed by atoms with Crippen molar-refractivity contribution in [3.05, 3.63) is 64.1 Å². The van der Waals surface area contributed by atoms with E-state index in [0.717, 1.165) is 5.56 Å². The second kappa shape index (κ2) is 7.83. The van der Waals surface area contributed by atoms with Crippen LogP contribution in [-0.4, -0.2) is 20.1 Å². The van der Waals surface area contributed by atoms with E-state index in [9.17, 15) is 13.2 Å². The fourth-order valence-corrected chi connectivity index (χ4v) is 3.07. The highest BCUT2D eigenvalue weighted by Gasteiger charge is 2.10. The van der Waals surface area contributed by atoms with Gasteiger partial charge in [0.15, 0.2) is 9.84 Å². The number of hydrogen-bond donors (Lipinski definition) is 1. The molecule has 0 aromatic heterocycles. The summed E-state index contributed by atoms with van der Waals surface area (Å²) >= 11 is 11.7. The van der Waals surface area contributed by atoms with Gasteiger partial charge >= 0.3 is 0 Å². The van der Waals surface area contributed by atoms with E-state index in [1.165, 1.54) is 18.2 Å². The number of amides is 1. The number of sulfone groups is 1. The van der Waals surface area contributed by atoms with Gasteiger partial charge in [-0.05, 0) is 48.0 Å². The molecule has 0 atom stereocenters. The molecule has 0 aliphatic heterocycles. The van der Waals surface area contributed by atoms with Crippen LogP contribution in [0.4, 0.5) is 5.69 Å². The van der Waals surface area contributed by atoms with Crippen LogP contribution in [0.25, 0.3) is 6.08 Å². The monoisotopic (exact) mass is 383 g/mol. The van der Waals surface area contributed by atoms with Gasteiger partial charge in [0.1, 0.15) is 0 Å². The molecule has 7 heteroatoms. The lowest BCUT2D eigenvalue weighted by Crippen LogP contribution is -2.08. The van der Waals surface area contributed by atoms with Crippen LogP contribution in [-0.2, 0) is 14.6 Å². The number of anilines is 1. The summed E-state index contributed by atoms with van der Waals surface area (Å²) in [5.74, 6) is -0.308. The molecule has 126 valence electrons. The van der Waals surface area contributed by atoms with E-state index in [4.69, 9.17) is 23.2 Å². The third-order valence-corrected chi connectivity index (χ3v) is 5.72. The van der Waals surface area contributed by atoms with E-state index in [1.807, 2.05) is 0 Å². The molecule has 2 aromatic carbocycles. The molecule has 0 spiro atoms. The third-order valence-electron chi connectivity index (χ3n) is 3.23. The number of rotatable bonds is 5. The smallest absolute Gasteiger partial charge is 0.248 e. The van der Waals surface area contributed by atoms with Crippen LogP contribution in [0.2, 0.25) is 10.0 Å². The van der Waals surface area contributed by atoms with Crippen molar-refractivity contribution in [1.29, 1.82) is 0 Å². The normalized spacial score (nSPS) is 11.6. The lowest BCUT2D eigenvalue weighted by atomic mass is 10.2. The van der Waals surface area contributed by atoms with Crippen molar-refractivity contribution in [3.8, 4) is 0 Å². The summed E-state index contributed by atoms with van der Waals surface area (Å²) < 4.78 is 23.5. The van der Waals surface area contributed by atoms with Crippen molar-refractivity contribution in [2.45, 2.75) is 11.8 Å². The van der Waals surface area contributed by atoms with Crippen molar-refractivity contribution >= 4 is 50.7 Å². The van der Waals surface area contributed by atoms with Crippen molar-refractivity contribution in [2.24, 2.45) is 0 Å². The number of carbonyl (C=O) groups is 1. The molecule has 2 aromatic rings. The molecule has 0 saturated carbocycles. The predicted molar refractivity (Wildman–Crippen MR) is 98.3 cm³/mol. The second-order valence-corrected chi connectivity index (χ2v) is 8.02. The highest BCUT2D eigenvalue weighted by Crippen LogP contribution is 2.23. The molecule has 4 nitrogen and oxygen atoms in total. The Labute approximate surface area is 151 Å². The first kappa shape index (κ1) is 18.5. The number of halogens is 2. The van der Waals surface area contributed by atoms with E-state index < -0.39 is 9.84 Å². The van der Waals surface area contributed by atoms with Gasteiger partial charge in [0, 0.05) is 11.8 Å². The van der Waals surface area contributed by atoms with Gasteiger partial charge in [0.25, 0.3) is 0 Å². The molecule has 1 amide bonds. The largest absolute Gasteiger partial charge is 0.323 e. The summed E-state index contributed by atoms with van der Waals surface area (Å²) in [5, 5.41) is 3.51. The van der Waals surface area contributed by atoms with Crippen LogP contribution < -0.4 is 5.32 Å². The molecule has 0 aliphatic rings. The summed E-state index contributed by atoms with van der Waals surface area (Å²) in [5.41, 5.74) is 1.25. The summed E-state index contributed by atoms with van der Waals surface area (Å²) in [6.07, 6.45) is 2.96. The first-order valence-electron chi connectivity index (χ1n) is 7.09. The maximum Gasteiger partial charge on any atom is 0.248 e. The van der Waals surface area contributed by atoms with Gasteiger partial charge in [-0.3, -0.25) is 4.79 Å². The molecule has 1 N–H and O–H groups in total. The van der Waals surface area contributed by atoms with Crippen LogP contribution >= 0.6 is 23.2 Å². The minimum Gasteiger partial charge on any atom is -0.323 e. The summed E-state index contributed by atoms with van der Waals surface area (Å²) in [4.78, 5) is 12.1. The molecule has 24 heavy (non-hydrogen) atoms. The average Bonchev–Trinajstić information content (AvgIpc) is 2.56. The van der Waals surface area contributed by atoms with E-state index >= 15 is 0 Å². The van der Waals surface area contributed by atoms with Crippen molar-refractivity contribution < 1.29 is 13.2 Å². The van der Waals surface area contributed by atoms with E-state index in [0.29, 0.717) is 15.7 Å². The fraction of sp³-hybridized carbons (Fsp3) is 0.118. The van der Waals surface area contributed by atoms with Gasteiger partial charge in [-0.25, -0.2) is 8.42 Å². The Morgan fingerprint density at radius 3 is 2.33 bits per heavy atom. The molecule has 0 unspecified atom stereocenters. The quantitative estimate of drug-likeness (QED) is 0.776. The Bertz CT molecular complexity index is 875. The molecule has 0 radical (unpaired) electrons. The summed E-state index contributed by atoms with van der Waals surface area (Å²) in [6.45, 7) is 1.58. The zero-order valence-electron chi connectivity index (χ0n) is 12.8. The molecule has 2 rings (SSSR count). The SMILES string of the molecule is CCS(=O)(=O)c1ccc(NC(=O)/C=C/c2ccc(Cl)c(Cl)c2)cc1. The first-order chi connectivity index (χ1) is 11.3. The van der Waals surface area contributed by atoms with Gasteiger partial charge in [-0.2, -0.15) is 0 Å². The summed E-state index contributed by atoms with van der Waals surface area (Å²) in [7, 11) is -3.25. The van der Waals surface area contributed by atoms with Crippen molar-refractivity contribution in [3.63, 3.8) is 0 Å². The number of benzene rings is 2. The zero-order chi connectivity index (χ0) is 17.7. The standard InChI is InChI=1S/C17H15Cl2NO3S/c1-2-24(22,23)14-7-5-13(6-8-14)20-17(21)10-4-12-3-9-15(18)16(19)11-12/h3-11H,2H2,1H3,(H,20,21)/b10-4+. The van der Waals surface area contributed by atoms with Gasteiger partial charge in [0.05, 0.1) is 20.7 Å². The van der Waals surface area contributed by atoms with Crippen molar-refractivity contribution in [1.82, 2.24) is 0 Å². The number of nitrogens with one attached hydrogen (secondary N) is 1. The second-order valence-electron chi connectivity index (χ2n) is 4.92. The maximum absolute atomic E-state index is 11.9. The Hall–Kier alpha value is -1.82. The molecule has 0 fully saturated rings.